The molecule has 0 bridgehead atoms. The van der Waals surface area contributed by atoms with E-state index in [0.717, 1.165) is 6.42 Å². The first-order valence-electron chi connectivity index (χ1n) is 1.72. The molecule has 1 aliphatic carbocycles. The Bertz CT molecular complexity index is 68.5. The maximum Gasteiger partial charge on any atom is 3.00 e. The molecule has 3 heteroatoms. The van der Waals surface area contributed by atoms with E-state index < -0.39 is 0 Å². The van der Waals surface area contributed by atoms with Gasteiger partial charge >= 0.3 is 19.5 Å². The molecule has 1 rings (SSSR count). The normalized spacial score (nSPS) is 11.0. The molecule has 0 heterocycles. The van der Waals surface area contributed by atoms with Gasteiger partial charge in [-0.2, -0.15) is 6.08 Å². The SMILES string of the molecule is [Br-].[Br-].[C-]1=CC=CC1.[Rh+3]. The van der Waals surface area contributed by atoms with Gasteiger partial charge in [-0.25, -0.2) is 12.2 Å². The molecule has 0 aromatic rings. The summed E-state index contributed by atoms with van der Waals surface area (Å²) in [6.45, 7) is 0. The zero-order chi connectivity index (χ0) is 3.54. The zero-order valence-electron chi connectivity index (χ0n) is 4.03. The fraction of sp³-hybridized carbons (Fsp3) is 0.200. The fourth-order valence-corrected chi connectivity index (χ4v) is 0.340. The summed E-state index contributed by atoms with van der Waals surface area (Å²) >= 11 is 0. The van der Waals surface area contributed by atoms with E-state index in [2.05, 4.69) is 12.2 Å². The molecule has 0 amide bonds. The summed E-state index contributed by atoms with van der Waals surface area (Å²) in [6, 6.07) is 0. The van der Waals surface area contributed by atoms with Crippen molar-refractivity contribution in [2.45, 2.75) is 6.42 Å². The predicted octanol–water partition coefficient (Wildman–Crippen LogP) is -4.69. The molecule has 0 saturated heterocycles. The molecular weight excluding hydrogens is 323 g/mol. The van der Waals surface area contributed by atoms with Crippen molar-refractivity contribution >= 4 is 0 Å². The first-order valence-corrected chi connectivity index (χ1v) is 1.72. The van der Waals surface area contributed by atoms with Gasteiger partial charge in [-0.1, -0.05) is 0 Å². The van der Waals surface area contributed by atoms with Crippen LogP contribution in [0.3, 0.4) is 0 Å². The molecule has 8 heavy (non-hydrogen) atoms. The monoisotopic (exact) mass is 326 g/mol. The van der Waals surface area contributed by atoms with E-state index >= 15 is 0 Å². The number of allylic oxidation sites excluding steroid dienone is 4. The Morgan fingerprint density at radius 1 is 1.25 bits per heavy atom. The Balaban J connectivity index is -0.0000000833. The number of halogens is 2. The van der Waals surface area contributed by atoms with Gasteiger partial charge in [0, 0.05) is 0 Å². The van der Waals surface area contributed by atoms with Crippen LogP contribution >= 0.6 is 0 Å². The Hall–Kier alpha value is 1.06. The molecule has 0 unspecified atom stereocenters. The van der Waals surface area contributed by atoms with Gasteiger partial charge in [0.15, 0.2) is 0 Å². The molecule has 0 aromatic carbocycles. The second kappa shape index (κ2) is 10.9. The topological polar surface area (TPSA) is 0 Å². The first kappa shape index (κ1) is 16.0. The van der Waals surface area contributed by atoms with Crippen LogP contribution in [-0.4, -0.2) is 0 Å². The molecule has 0 radical (unpaired) electrons. The minimum absolute atomic E-state index is 0. The van der Waals surface area contributed by atoms with Crippen LogP contribution in [0.2, 0.25) is 0 Å². The van der Waals surface area contributed by atoms with E-state index in [9.17, 15) is 0 Å². The van der Waals surface area contributed by atoms with Crippen molar-refractivity contribution in [1.29, 1.82) is 0 Å². The Morgan fingerprint density at radius 3 is 2.00 bits per heavy atom. The molecule has 0 nitrogen and oxygen atoms in total. The van der Waals surface area contributed by atoms with Gasteiger partial charge in [-0.3, -0.25) is 6.08 Å². The number of rotatable bonds is 0. The summed E-state index contributed by atoms with van der Waals surface area (Å²) in [5.74, 6) is 0. The van der Waals surface area contributed by atoms with Gasteiger partial charge in [0.1, 0.15) is 0 Å². The Kier molecular flexibility index (Phi) is 21.9. The van der Waals surface area contributed by atoms with Gasteiger partial charge in [0.05, 0.1) is 0 Å². The maximum atomic E-state index is 2.99. The maximum absolute atomic E-state index is 2.99. The van der Waals surface area contributed by atoms with E-state index in [1.54, 1.807) is 0 Å². The van der Waals surface area contributed by atoms with Crippen molar-refractivity contribution in [3.8, 4) is 0 Å². The minimum atomic E-state index is 0. The van der Waals surface area contributed by atoms with E-state index in [-0.39, 0.29) is 53.4 Å². The summed E-state index contributed by atoms with van der Waals surface area (Å²) in [4.78, 5) is 0. The summed E-state index contributed by atoms with van der Waals surface area (Å²) in [5.41, 5.74) is 0. The van der Waals surface area contributed by atoms with Crippen molar-refractivity contribution in [2.75, 3.05) is 0 Å². The van der Waals surface area contributed by atoms with Crippen LogP contribution in [0.4, 0.5) is 0 Å². The number of hydrogen-bond acceptors (Lipinski definition) is 0. The van der Waals surface area contributed by atoms with Crippen LogP contribution in [0.25, 0.3) is 0 Å². The third kappa shape index (κ3) is 7.06. The van der Waals surface area contributed by atoms with Gasteiger partial charge < -0.3 is 34.0 Å². The van der Waals surface area contributed by atoms with Gasteiger partial charge in [0.25, 0.3) is 0 Å². The van der Waals surface area contributed by atoms with E-state index in [0.29, 0.717) is 0 Å². The fourth-order valence-electron chi connectivity index (χ4n) is 0.340. The van der Waals surface area contributed by atoms with E-state index in [4.69, 9.17) is 0 Å². The smallest absolute Gasteiger partial charge is 1.00 e. The van der Waals surface area contributed by atoms with Gasteiger partial charge in [-0.05, 0) is 0 Å². The Morgan fingerprint density at radius 2 is 1.88 bits per heavy atom. The van der Waals surface area contributed by atoms with Crippen LogP contribution in [0, 0.1) is 6.08 Å². The van der Waals surface area contributed by atoms with Crippen LogP contribution in [0.15, 0.2) is 18.2 Å². The van der Waals surface area contributed by atoms with Crippen molar-refractivity contribution in [3.05, 3.63) is 24.3 Å². The number of hydrogen-bond donors (Lipinski definition) is 0. The van der Waals surface area contributed by atoms with Crippen LogP contribution in [0.5, 0.6) is 0 Å². The summed E-state index contributed by atoms with van der Waals surface area (Å²) in [7, 11) is 0. The quantitative estimate of drug-likeness (QED) is 0.310. The molecule has 48 valence electrons. The molecule has 0 aromatic heterocycles. The molecule has 1 aliphatic rings. The standard InChI is InChI=1S/C5H5.2BrH.Rh/c1-2-4-5-3-1;;;/h1-3H,4H2;2*1H;/q-1;;;+3/p-2. The van der Waals surface area contributed by atoms with Crippen LogP contribution in [0.1, 0.15) is 6.42 Å². The van der Waals surface area contributed by atoms with E-state index in [1.165, 1.54) is 0 Å². The van der Waals surface area contributed by atoms with Gasteiger partial charge in [0.2, 0.25) is 0 Å². The zero-order valence-corrected chi connectivity index (χ0v) is 8.84. The molecule has 0 N–H and O–H groups in total. The third-order valence-corrected chi connectivity index (χ3v) is 0.586. The van der Waals surface area contributed by atoms with Crippen molar-refractivity contribution in [2.24, 2.45) is 0 Å². The summed E-state index contributed by atoms with van der Waals surface area (Å²) in [5, 5.41) is 0. The van der Waals surface area contributed by atoms with E-state index in [1.807, 2.05) is 12.2 Å². The molecule has 0 atom stereocenters. The predicted molar refractivity (Wildman–Crippen MR) is 21.6 cm³/mol. The molecule has 0 spiro atoms. The summed E-state index contributed by atoms with van der Waals surface area (Å²) in [6.07, 6.45) is 10.0. The average molecular weight is 328 g/mol. The molecular formula is C5H5Br2Rh. The molecule has 0 fully saturated rings. The Labute approximate surface area is 83.7 Å². The second-order valence-corrected chi connectivity index (χ2v) is 1.00. The van der Waals surface area contributed by atoms with Crippen molar-refractivity contribution in [3.63, 3.8) is 0 Å². The van der Waals surface area contributed by atoms with Crippen molar-refractivity contribution < 1.29 is 53.4 Å². The van der Waals surface area contributed by atoms with Crippen molar-refractivity contribution in [1.82, 2.24) is 0 Å². The van der Waals surface area contributed by atoms with Crippen LogP contribution in [-0.2, 0) is 19.5 Å². The summed E-state index contributed by atoms with van der Waals surface area (Å²) < 4.78 is 0. The molecule has 0 aliphatic heterocycles. The van der Waals surface area contributed by atoms with Gasteiger partial charge in [-0.15, -0.1) is 6.42 Å². The average Bonchev–Trinajstić information content (AvgIpc) is 1.76. The third-order valence-electron chi connectivity index (χ3n) is 0.586. The largest absolute Gasteiger partial charge is 3.00 e. The minimum Gasteiger partial charge on any atom is -1.00 e. The molecule has 0 saturated carbocycles. The first-order chi connectivity index (χ1) is 2.50. The van der Waals surface area contributed by atoms with Crippen LogP contribution < -0.4 is 34.0 Å². The second-order valence-electron chi connectivity index (χ2n) is 1.00.